The van der Waals surface area contributed by atoms with Gasteiger partial charge in [-0.1, -0.05) is 23.2 Å². The van der Waals surface area contributed by atoms with Crippen LogP contribution in [0, 0.1) is 0 Å². The van der Waals surface area contributed by atoms with Crippen LogP contribution in [-0.2, 0) is 9.53 Å². The molecule has 1 rings (SSSR count). The Morgan fingerprint density at radius 3 is 2.58 bits per heavy atom. The second kappa shape index (κ2) is 5.90. The van der Waals surface area contributed by atoms with Crippen molar-refractivity contribution in [2.75, 3.05) is 6.61 Å². The smallest absolute Gasteiger partial charge is 0.379 e. The van der Waals surface area contributed by atoms with E-state index in [1.54, 1.807) is 0 Å². The summed E-state index contributed by atoms with van der Waals surface area (Å²) in [6.45, 7) is 1.16. The lowest BCUT2D eigenvalue weighted by atomic mass is 10.0. The van der Waals surface area contributed by atoms with Gasteiger partial charge in [0.25, 0.3) is 0 Å². The first kappa shape index (κ1) is 15.9. The number of phenolic OH excluding ortho intramolecular Hbond substituents is 1. The SMILES string of the molecule is CCOC(=O)C(F)(F)[C@@H](N)c1c(O)cc(Cl)cc1Cl. The van der Waals surface area contributed by atoms with Crippen LogP contribution in [0.3, 0.4) is 0 Å². The summed E-state index contributed by atoms with van der Waals surface area (Å²) < 4.78 is 31.7. The second-order valence-electron chi connectivity index (χ2n) is 3.64. The van der Waals surface area contributed by atoms with E-state index in [9.17, 15) is 18.7 Å². The Kier molecular flexibility index (Phi) is 4.95. The van der Waals surface area contributed by atoms with Gasteiger partial charge < -0.3 is 15.6 Å². The number of ether oxygens (including phenoxy) is 1. The van der Waals surface area contributed by atoms with Crippen molar-refractivity contribution in [3.63, 3.8) is 0 Å². The predicted octanol–water partition coefficient (Wildman–Crippen LogP) is 2.90. The maximum Gasteiger partial charge on any atom is 0.379 e. The van der Waals surface area contributed by atoms with E-state index in [-0.39, 0.29) is 16.7 Å². The fourth-order valence-electron chi connectivity index (χ4n) is 1.41. The summed E-state index contributed by atoms with van der Waals surface area (Å²) in [5.41, 5.74) is 4.85. The first-order chi connectivity index (χ1) is 8.71. The normalized spacial score (nSPS) is 13.2. The van der Waals surface area contributed by atoms with Crippen molar-refractivity contribution in [3.8, 4) is 5.75 Å². The van der Waals surface area contributed by atoms with Crippen molar-refractivity contribution in [2.45, 2.75) is 18.9 Å². The lowest BCUT2D eigenvalue weighted by Gasteiger charge is -2.23. The third kappa shape index (κ3) is 3.26. The molecule has 1 aromatic rings. The summed E-state index contributed by atoms with van der Waals surface area (Å²) in [6, 6.07) is -0.000314. The average molecular weight is 314 g/mol. The minimum Gasteiger partial charge on any atom is -0.507 e. The molecule has 0 aliphatic carbocycles. The summed E-state index contributed by atoms with van der Waals surface area (Å²) in [5.74, 6) is -6.42. The summed E-state index contributed by atoms with van der Waals surface area (Å²) >= 11 is 11.3. The van der Waals surface area contributed by atoms with E-state index < -0.39 is 29.2 Å². The van der Waals surface area contributed by atoms with E-state index in [0.29, 0.717) is 0 Å². The molecule has 0 bridgehead atoms. The van der Waals surface area contributed by atoms with Crippen LogP contribution < -0.4 is 5.73 Å². The van der Waals surface area contributed by atoms with Gasteiger partial charge >= 0.3 is 11.9 Å². The van der Waals surface area contributed by atoms with Gasteiger partial charge in [0.2, 0.25) is 0 Å². The minimum absolute atomic E-state index is 0.0536. The first-order valence-electron chi connectivity index (χ1n) is 5.20. The van der Waals surface area contributed by atoms with Gasteiger partial charge in [-0.25, -0.2) is 4.79 Å². The topological polar surface area (TPSA) is 72.5 Å². The van der Waals surface area contributed by atoms with Crippen LogP contribution in [0.5, 0.6) is 5.75 Å². The zero-order valence-corrected chi connectivity index (χ0v) is 11.3. The van der Waals surface area contributed by atoms with Crippen molar-refractivity contribution < 1.29 is 23.4 Å². The summed E-state index contributed by atoms with van der Waals surface area (Å²) in [7, 11) is 0. The molecule has 0 saturated heterocycles. The number of rotatable bonds is 4. The van der Waals surface area contributed by atoms with Crippen molar-refractivity contribution in [1.29, 1.82) is 0 Å². The summed E-state index contributed by atoms with van der Waals surface area (Å²) in [5, 5.41) is 9.37. The number of hydrogen-bond acceptors (Lipinski definition) is 4. The third-order valence-electron chi connectivity index (χ3n) is 2.32. The fourth-order valence-corrected chi connectivity index (χ4v) is 2.01. The molecule has 0 fully saturated rings. The van der Waals surface area contributed by atoms with Crippen LogP contribution in [0.15, 0.2) is 12.1 Å². The van der Waals surface area contributed by atoms with Gasteiger partial charge in [-0.3, -0.25) is 0 Å². The van der Waals surface area contributed by atoms with E-state index in [1.807, 2.05) is 0 Å². The van der Waals surface area contributed by atoms with Crippen LogP contribution in [0.2, 0.25) is 10.0 Å². The molecule has 1 aromatic carbocycles. The van der Waals surface area contributed by atoms with Gasteiger partial charge in [0.15, 0.2) is 0 Å². The Labute approximate surface area is 118 Å². The maximum absolute atomic E-state index is 13.7. The molecule has 19 heavy (non-hydrogen) atoms. The molecular weight excluding hydrogens is 303 g/mol. The highest BCUT2D eigenvalue weighted by atomic mass is 35.5. The molecule has 0 spiro atoms. The number of aromatic hydroxyl groups is 1. The molecule has 0 aliphatic heterocycles. The third-order valence-corrected chi connectivity index (χ3v) is 2.85. The predicted molar refractivity (Wildman–Crippen MR) is 66.6 cm³/mol. The highest BCUT2D eigenvalue weighted by molar-refractivity contribution is 6.35. The Bertz CT molecular complexity index is 474. The molecule has 106 valence electrons. The molecule has 0 radical (unpaired) electrons. The Morgan fingerprint density at radius 1 is 1.53 bits per heavy atom. The second-order valence-corrected chi connectivity index (χ2v) is 4.49. The number of esters is 1. The minimum atomic E-state index is -4.02. The zero-order valence-electron chi connectivity index (χ0n) is 9.79. The number of alkyl halides is 2. The van der Waals surface area contributed by atoms with Gasteiger partial charge in [-0.15, -0.1) is 0 Å². The number of nitrogens with two attached hydrogens (primary N) is 1. The van der Waals surface area contributed by atoms with Crippen molar-refractivity contribution >= 4 is 29.2 Å². The summed E-state index contributed by atoms with van der Waals surface area (Å²) in [6.07, 6.45) is 0. The van der Waals surface area contributed by atoms with Gasteiger partial charge in [-0.2, -0.15) is 8.78 Å². The van der Waals surface area contributed by atoms with Crippen molar-refractivity contribution in [3.05, 3.63) is 27.7 Å². The van der Waals surface area contributed by atoms with Gasteiger partial charge in [0.1, 0.15) is 11.8 Å². The van der Waals surface area contributed by atoms with Gasteiger partial charge in [0.05, 0.1) is 11.6 Å². The first-order valence-corrected chi connectivity index (χ1v) is 5.95. The highest BCUT2D eigenvalue weighted by Crippen LogP contribution is 2.40. The van der Waals surface area contributed by atoms with E-state index in [0.717, 1.165) is 12.1 Å². The Hall–Kier alpha value is -1.11. The average Bonchev–Trinajstić information content (AvgIpc) is 2.27. The zero-order chi connectivity index (χ0) is 14.8. The largest absolute Gasteiger partial charge is 0.507 e. The molecule has 0 heterocycles. The quantitative estimate of drug-likeness (QED) is 0.838. The van der Waals surface area contributed by atoms with Crippen LogP contribution >= 0.6 is 23.2 Å². The number of benzene rings is 1. The molecule has 0 aromatic heterocycles. The van der Waals surface area contributed by atoms with Gasteiger partial charge in [-0.05, 0) is 19.1 Å². The number of halogens is 4. The van der Waals surface area contributed by atoms with Crippen molar-refractivity contribution in [2.24, 2.45) is 5.73 Å². The van der Waals surface area contributed by atoms with E-state index in [1.165, 1.54) is 6.92 Å². The number of carbonyl (C=O) groups is 1. The number of carbonyl (C=O) groups excluding carboxylic acids is 1. The molecule has 0 aliphatic rings. The van der Waals surface area contributed by atoms with E-state index >= 15 is 0 Å². The Balaban J connectivity index is 3.19. The molecule has 0 unspecified atom stereocenters. The maximum atomic E-state index is 13.7. The molecule has 8 heteroatoms. The van der Waals surface area contributed by atoms with Crippen LogP contribution in [0.25, 0.3) is 0 Å². The van der Waals surface area contributed by atoms with Gasteiger partial charge in [0, 0.05) is 10.6 Å². The highest BCUT2D eigenvalue weighted by Gasteiger charge is 2.49. The fraction of sp³-hybridized carbons (Fsp3) is 0.364. The van der Waals surface area contributed by atoms with E-state index in [4.69, 9.17) is 28.9 Å². The molecular formula is C11H11Cl2F2NO3. The lowest BCUT2D eigenvalue weighted by Crippen LogP contribution is -2.41. The standard InChI is InChI=1S/C11H11Cl2F2NO3/c1-2-19-10(18)11(14,15)9(16)8-6(13)3-5(12)4-7(8)17/h3-4,9,17H,2,16H2,1H3/t9-/m0/s1. The molecule has 0 amide bonds. The Morgan fingerprint density at radius 2 is 2.11 bits per heavy atom. The monoisotopic (exact) mass is 313 g/mol. The molecule has 4 nitrogen and oxygen atoms in total. The van der Waals surface area contributed by atoms with E-state index in [2.05, 4.69) is 4.74 Å². The molecule has 0 saturated carbocycles. The number of hydrogen-bond donors (Lipinski definition) is 2. The van der Waals surface area contributed by atoms with Crippen molar-refractivity contribution in [1.82, 2.24) is 0 Å². The van der Waals surface area contributed by atoms with Crippen LogP contribution in [0.1, 0.15) is 18.5 Å². The number of phenols is 1. The molecule has 3 N–H and O–H groups in total. The van der Waals surface area contributed by atoms with Crippen LogP contribution in [-0.4, -0.2) is 23.6 Å². The molecule has 1 atom stereocenters. The lowest BCUT2D eigenvalue weighted by molar-refractivity contribution is -0.174. The van der Waals surface area contributed by atoms with Crippen LogP contribution in [0.4, 0.5) is 8.78 Å². The summed E-state index contributed by atoms with van der Waals surface area (Å²) in [4.78, 5) is 11.2.